The van der Waals surface area contributed by atoms with E-state index in [1.807, 2.05) is 55.5 Å². The molecule has 3 nitrogen and oxygen atoms in total. The predicted octanol–water partition coefficient (Wildman–Crippen LogP) is 3.84. The van der Waals surface area contributed by atoms with Gasteiger partial charge >= 0.3 is 5.97 Å². The van der Waals surface area contributed by atoms with Crippen molar-refractivity contribution >= 4 is 16.9 Å². The summed E-state index contributed by atoms with van der Waals surface area (Å²) in [6.45, 7) is 1.97. The van der Waals surface area contributed by atoms with E-state index in [1.165, 1.54) is 0 Å². The first-order valence-corrected chi connectivity index (χ1v) is 6.08. The Labute approximate surface area is 110 Å². The molecular formula is C16H13NO2. The van der Waals surface area contributed by atoms with Crippen molar-refractivity contribution in [2.24, 2.45) is 0 Å². The molecule has 1 heterocycles. The first kappa shape index (κ1) is 11.5. The molecular weight excluding hydrogens is 238 g/mol. The molecule has 0 spiro atoms. The van der Waals surface area contributed by atoms with Crippen molar-refractivity contribution in [2.75, 3.05) is 0 Å². The topological polar surface area (TPSA) is 53.1 Å². The van der Waals surface area contributed by atoms with Gasteiger partial charge in [-0.3, -0.25) is 0 Å². The third kappa shape index (κ3) is 1.80. The Morgan fingerprint density at radius 2 is 1.79 bits per heavy atom. The van der Waals surface area contributed by atoms with Crippen molar-refractivity contribution in [3.8, 4) is 11.3 Å². The zero-order valence-electron chi connectivity index (χ0n) is 10.5. The van der Waals surface area contributed by atoms with Crippen molar-refractivity contribution in [3.05, 3.63) is 59.7 Å². The number of carbonyl (C=O) groups is 1. The second kappa shape index (κ2) is 4.28. The fourth-order valence-electron chi connectivity index (χ4n) is 2.41. The second-order valence-corrected chi connectivity index (χ2v) is 4.54. The minimum Gasteiger partial charge on any atom is -0.478 e. The summed E-state index contributed by atoms with van der Waals surface area (Å²) in [5.41, 5.74) is 3.82. The minimum atomic E-state index is -0.907. The van der Waals surface area contributed by atoms with E-state index < -0.39 is 5.97 Å². The van der Waals surface area contributed by atoms with Crippen molar-refractivity contribution in [2.45, 2.75) is 6.92 Å². The van der Waals surface area contributed by atoms with Crippen LogP contribution in [0.1, 0.15) is 15.9 Å². The van der Waals surface area contributed by atoms with Gasteiger partial charge in [0, 0.05) is 10.9 Å². The average Bonchev–Trinajstić information content (AvgIpc) is 2.81. The van der Waals surface area contributed by atoms with Crippen LogP contribution in [0.15, 0.2) is 48.5 Å². The summed E-state index contributed by atoms with van der Waals surface area (Å²) < 4.78 is 0. The van der Waals surface area contributed by atoms with Crippen LogP contribution in [0.4, 0.5) is 0 Å². The number of para-hydroxylation sites is 1. The molecule has 94 valence electrons. The molecule has 0 atom stereocenters. The van der Waals surface area contributed by atoms with Gasteiger partial charge in [0.15, 0.2) is 0 Å². The summed E-state index contributed by atoms with van der Waals surface area (Å²) in [6, 6.07) is 15.2. The van der Waals surface area contributed by atoms with E-state index in [4.69, 9.17) is 0 Å². The Kier molecular flexibility index (Phi) is 2.60. The Balaban J connectivity index is 2.39. The van der Waals surface area contributed by atoms with E-state index in [1.54, 1.807) is 0 Å². The maximum Gasteiger partial charge on any atom is 0.338 e. The van der Waals surface area contributed by atoms with Crippen LogP contribution in [0.25, 0.3) is 22.2 Å². The summed E-state index contributed by atoms with van der Waals surface area (Å²) in [4.78, 5) is 14.8. The van der Waals surface area contributed by atoms with E-state index >= 15 is 0 Å². The third-order valence-corrected chi connectivity index (χ3v) is 3.32. The van der Waals surface area contributed by atoms with E-state index in [9.17, 15) is 9.90 Å². The molecule has 0 fully saturated rings. The smallest absolute Gasteiger partial charge is 0.338 e. The van der Waals surface area contributed by atoms with Gasteiger partial charge < -0.3 is 10.1 Å². The highest BCUT2D eigenvalue weighted by molar-refractivity contribution is 6.10. The Bertz CT molecular complexity index is 757. The van der Waals surface area contributed by atoms with Gasteiger partial charge in [-0.15, -0.1) is 0 Å². The van der Waals surface area contributed by atoms with Crippen LogP contribution in [0.3, 0.4) is 0 Å². The van der Waals surface area contributed by atoms with Crippen molar-refractivity contribution in [1.29, 1.82) is 0 Å². The molecule has 0 aliphatic carbocycles. The molecule has 0 amide bonds. The highest BCUT2D eigenvalue weighted by Gasteiger charge is 2.19. The van der Waals surface area contributed by atoms with Crippen molar-refractivity contribution < 1.29 is 9.90 Å². The molecule has 0 saturated carbocycles. The molecule has 3 rings (SSSR count). The lowest BCUT2D eigenvalue weighted by Crippen LogP contribution is -1.97. The van der Waals surface area contributed by atoms with Crippen LogP contribution in [-0.4, -0.2) is 16.1 Å². The number of hydrogen-bond donors (Lipinski definition) is 2. The number of rotatable bonds is 2. The number of aromatic amines is 1. The van der Waals surface area contributed by atoms with Crippen LogP contribution in [0, 0.1) is 6.92 Å². The van der Waals surface area contributed by atoms with Gasteiger partial charge in [-0.25, -0.2) is 4.79 Å². The SMILES string of the molecule is Cc1cccc2c(C(=O)O)c(-c3ccccc3)[nH]c12. The Hall–Kier alpha value is -2.55. The highest BCUT2D eigenvalue weighted by atomic mass is 16.4. The molecule has 0 radical (unpaired) electrons. The summed E-state index contributed by atoms with van der Waals surface area (Å²) >= 11 is 0. The zero-order chi connectivity index (χ0) is 13.4. The van der Waals surface area contributed by atoms with Gasteiger partial charge in [0.2, 0.25) is 0 Å². The molecule has 0 aliphatic heterocycles. The maximum absolute atomic E-state index is 11.6. The van der Waals surface area contributed by atoms with E-state index in [2.05, 4.69) is 4.98 Å². The summed E-state index contributed by atoms with van der Waals surface area (Å²) in [5.74, 6) is -0.907. The summed E-state index contributed by atoms with van der Waals surface area (Å²) in [7, 11) is 0. The molecule has 2 aromatic carbocycles. The number of H-pyrrole nitrogens is 1. The van der Waals surface area contributed by atoms with Crippen LogP contribution in [-0.2, 0) is 0 Å². The number of fused-ring (bicyclic) bond motifs is 1. The van der Waals surface area contributed by atoms with E-state index in [0.717, 1.165) is 22.0 Å². The lowest BCUT2D eigenvalue weighted by atomic mass is 10.0. The molecule has 0 aliphatic rings. The van der Waals surface area contributed by atoms with Crippen LogP contribution >= 0.6 is 0 Å². The highest BCUT2D eigenvalue weighted by Crippen LogP contribution is 2.31. The zero-order valence-corrected chi connectivity index (χ0v) is 10.5. The first-order valence-electron chi connectivity index (χ1n) is 6.08. The van der Waals surface area contributed by atoms with Crippen molar-refractivity contribution in [3.63, 3.8) is 0 Å². The lowest BCUT2D eigenvalue weighted by Gasteiger charge is -2.00. The fourth-order valence-corrected chi connectivity index (χ4v) is 2.41. The van der Waals surface area contributed by atoms with Crippen LogP contribution in [0.5, 0.6) is 0 Å². The maximum atomic E-state index is 11.6. The number of carboxylic acids is 1. The third-order valence-electron chi connectivity index (χ3n) is 3.32. The quantitative estimate of drug-likeness (QED) is 0.727. The number of benzene rings is 2. The van der Waals surface area contributed by atoms with Gasteiger partial charge in [-0.05, 0) is 18.1 Å². The predicted molar refractivity (Wildman–Crippen MR) is 75.4 cm³/mol. The van der Waals surface area contributed by atoms with Gasteiger partial charge in [0.25, 0.3) is 0 Å². The molecule has 0 bridgehead atoms. The molecule has 0 unspecified atom stereocenters. The van der Waals surface area contributed by atoms with Gasteiger partial charge in [-0.1, -0.05) is 48.5 Å². The molecule has 0 saturated heterocycles. The van der Waals surface area contributed by atoms with Crippen LogP contribution in [0.2, 0.25) is 0 Å². The first-order chi connectivity index (χ1) is 9.18. The minimum absolute atomic E-state index is 0.338. The fraction of sp³-hybridized carbons (Fsp3) is 0.0625. The molecule has 3 aromatic rings. The van der Waals surface area contributed by atoms with Crippen LogP contribution < -0.4 is 0 Å². The van der Waals surface area contributed by atoms with E-state index in [-0.39, 0.29) is 0 Å². The van der Waals surface area contributed by atoms with E-state index in [0.29, 0.717) is 11.3 Å². The number of carboxylic acid groups (broad SMARTS) is 1. The lowest BCUT2D eigenvalue weighted by molar-refractivity contribution is 0.0700. The molecule has 2 N–H and O–H groups in total. The number of aryl methyl sites for hydroxylation is 1. The van der Waals surface area contributed by atoms with Gasteiger partial charge in [0.1, 0.15) is 0 Å². The molecule has 3 heteroatoms. The van der Waals surface area contributed by atoms with Gasteiger partial charge in [0.05, 0.1) is 11.3 Å². The molecule has 1 aromatic heterocycles. The normalized spacial score (nSPS) is 10.8. The van der Waals surface area contributed by atoms with Crippen molar-refractivity contribution in [1.82, 2.24) is 4.98 Å². The Morgan fingerprint density at radius 3 is 2.47 bits per heavy atom. The monoisotopic (exact) mass is 251 g/mol. The standard InChI is InChI=1S/C16H13NO2/c1-10-6-5-9-12-13(16(18)19)15(17-14(10)12)11-7-3-2-4-8-11/h2-9,17H,1H3,(H,18,19). The number of aromatic nitrogens is 1. The van der Waals surface area contributed by atoms with Gasteiger partial charge in [-0.2, -0.15) is 0 Å². The molecule has 19 heavy (non-hydrogen) atoms. The number of nitrogens with one attached hydrogen (secondary N) is 1. The average molecular weight is 251 g/mol. The number of aromatic carboxylic acids is 1. The largest absolute Gasteiger partial charge is 0.478 e. The Morgan fingerprint density at radius 1 is 1.05 bits per heavy atom. The number of hydrogen-bond acceptors (Lipinski definition) is 1. The summed E-state index contributed by atoms with van der Waals surface area (Å²) in [5, 5.41) is 10.2. The summed E-state index contributed by atoms with van der Waals surface area (Å²) in [6.07, 6.45) is 0. The second-order valence-electron chi connectivity index (χ2n) is 4.54.